The smallest absolute Gasteiger partial charge is 0.258 e. The SMILES string of the molecule is Cc1cccc(CN(CCc2nc3ccccc3c(=O)[nH]2)C2CC2)c1. The molecular formula is C21H23N3O. The molecule has 3 aromatic rings. The van der Waals surface area contributed by atoms with E-state index < -0.39 is 0 Å². The molecule has 0 atom stereocenters. The quantitative estimate of drug-likeness (QED) is 0.752. The summed E-state index contributed by atoms with van der Waals surface area (Å²) in [6.07, 6.45) is 3.31. The molecule has 0 amide bonds. The summed E-state index contributed by atoms with van der Waals surface area (Å²) in [5.74, 6) is 0.776. The zero-order valence-electron chi connectivity index (χ0n) is 14.5. The van der Waals surface area contributed by atoms with E-state index >= 15 is 0 Å². The second-order valence-electron chi connectivity index (χ2n) is 6.97. The Bertz CT molecular complexity index is 943. The van der Waals surface area contributed by atoms with Crippen LogP contribution >= 0.6 is 0 Å². The van der Waals surface area contributed by atoms with Crippen LogP contribution in [-0.2, 0) is 13.0 Å². The molecule has 0 saturated heterocycles. The maximum Gasteiger partial charge on any atom is 0.258 e. The third-order valence-electron chi connectivity index (χ3n) is 4.83. The fraction of sp³-hybridized carbons (Fsp3) is 0.333. The van der Waals surface area contributed by atoms with E-state index in [2.05, 4.69) is 46.1 Å². The molecule has 4 heteroatoms. The first-order chi connectivity index (χ1) is 12.2. The molecule has 1 aliphatic carbocycles. The summed E-state index contributed by atoms with van der Waals surface area (Å²) in [7, 11) is 0. The van der Waals surface area contributed by atoms with Gasteiger partial charge in [0.1, 0.15) is 5.82 Å². The van der Waals surface area contributed by atoms with E-state index in [1.165, 1.54) is 24.0 Å². The van der Waals surface area contributed by atoms with Gasteiger partial charge in [-0.1, -0.05) is 42.0 Å². The first-order valence-corrected chi connectivity index (χ1v) is 8.96. The van der Waals surface area contributed by atoms with Crippen LogP contribution in [0.3, 0.4) is 0 Å². The minimum absolute atomic E-state index is 0.0442. The highest BCUT2D eigenvalue weighted by Crippen LogP contribution is 2.28. The largest absolute Gasteiger partial charge is 0.310 e. The maximum absolute atomic E-state index is 12.2. The van der Waals surface area contributed by atoms with Crippen molar-refractivity contribution in [3.63, 3.8) is 0 Å². The minimum atomic E-state index is -0.0442. The van der Waals surface area contributed by atoms with Gasteiger partial charge in [0.25, 0.3) is 5.56 Å². The molecule has 0 radical (unpaired) electrons. The lowest BCUT2D eigenvalue weighted by atomic mass is 10.1. The zero-order chi connectivity index (χ0) is 17.2. The van der Waals surface area contributed by atoms with E-state index in [-0.39, 0.29) is 5.56 Å². The number of nitrogens with one attached hydrogen (secondary N) is 1. The monoisotopic (exact) mass is 333 g/mol. The van der Waals surface area contributed by atoms with Gasteiger partial charge < -0.3 is 4.98 Å². The Morgan fingerprint density at radius 2 is 2.00 bits per heavy atom. The number of H-pyrrole nitrogens is 1. The van der Waals surface area contributed by atoms with E-state index in [1.54, 1.807) is 0 Å². The Kier molecular flexibility index (Phi) is 4.36. The van der Waals surface area contributed by atoms with E-state index in [0.29, 0.717) is 11.4 Å². The number of para-hydroxylation sites is 1. The van der Waals surface area contributed by atoms with Crippen LogP contribution < -0.4 is 5.56 Å². The van der Waals surface area contributed by atoms with E-state index in [4.69, 9.17) is 0 Å². The van der Waals surface area contributed by atoms with Gasteiger partial charge in [-0.25, -0.2) is 4.98 Å². The molecule has 0 spiro atoms. The first-order valence-electron chi connectivity index (χ1n) is 8.96. The number of rotatable bonds is 6. The predicted octanol–water partition coefficient (Wildman–Crippen LogP) is 3.44. The normalized spacial score (nSPS) is 14.3. The second-order valence-corrected chi connectivity index (χ2v) is 6.97. The molecule has 0 bridgehead atoms. The van der Waals surface area contributed by atoms with Crippen molar-refractivity contribution in [3.05, 3.63) is 75.8 Å². The van der Waals surface area contributed by atoms with Crippen molar-refractivity contribution in [1.29, 1.82) is 0 Å². The predicted molar refractivity (Wildman–Crippen MR) is 101 cm³/mol. The summed E-state index contributed by atoms with van der Waals surface area (Å²) in [6, 6.07) is 16.9. The van der Waals surface area contributed by atoms with E-state index in [0.717, 1.165) is 30.9 Å². The van der Waals surface area contributed by atoms with Crippen molar-refractivity contribution in [1.82, 2.24) is 14.9 Å². The fourth-order valence-electron chi connectivity index (χ4n) is 3.38. The number of hydrogen-bond donors (Lipinski definition) is 1. The molecule has 4 nitrogen and oxygen atoms in total. The number of fused-ring (bicyclic) bond motifs is 1. The molecule has 1 aliphatic rings. The molecule has 2 aromatic carbocycles. The van der Waals surface area contributed by atoms with Crippen molar-refractivity contribution in [2.75, 3.05) is 6.54 Å². The van der Waals surface area contributed by atoms with Crippen molar-refractivity contribution in [3.8, 4) is 0 Å². The molecule has 1 fully saturated rings. The molecule has 1 heterocycles. The Balaban J connectivity index is 1.49. The number of aryl methyl sites for hydroxylation is 1. The molecule has 1 N–H and O–H groups in total. The van der Waals surface area contributed by atoms with Crippen LogP contribution in [0.5, 0.6) is 0 Å². The zero-order valence-corrected chi connectivity index (χ0v) is 14.5. The Morgan fingerprint density at radius 1 is 1.16 bits per heavy atom. The molecule has 0 aliphatic heterocycles. The lowest BCUT2D eigenvalue weighted by Gasteiger charge is -2.22. The van der Waals surface area contributed by atoms with Gasteiger partial charge in [-0.15, -0.1) is 0 Å². The number of benzene rings is 2. The number of aromatic nitrogens is 2. The van der Waals surface area contributed by atoms with Gasteiger partial charge in [0, 0.05) is 25.6 Å². The second kappa shape index (κ2) is 6.81. The Hall–Kier alpha value is -2.46. The van der Waals surface area contributed by atoms with Crippen LogP contribution in [0, 0.1) is 6.92 Å². The third-order valence-corrected chi connectivity index (χ3v) is 4.83. The molecule has 0 unspecified atom stereocenters. The fourth-order valence-corrected chi connectivity index (χ4v) is 3.38. The van der Waals surface area contributed by atoms with E-state index in [9.17, 15) is 4.79 Å². The van der Waals surface area contributed by atoms with Crippen LogP contribution in [0.15, 0.2) is 53.3 Å². The van der Waals surface area contributed by atoms with Crippen molar-refractivity contribution < 1.29 is 0 Å². The summed E-state index contributed by atoms with van der Waals surface area (Å²) >= 11 is 0. The van der Waals surface area contributed by atoms with Crippen LogP contribution in [0.1, 0.15) is 29.8 Å². The van der Waals surface area contributed by atoms with Crippen molar-refractivity contribution in [2.24, 2.45) is 0 Å². The summed E-state index contributed by atoms with van der Waals surface area (Å²) in [4.78, 5) is 22.3. The molecule has 128 valence electrons. The summed E-state index contributed by atoms with van der Waals surface area (Å²) in [6.45, 7) is 4.01. The number of aromatic amines is 1. The van der Waals surface area contributed by atoms with Gasteiger partial charge in [0.2, 0.25) is 0 Å². The lowest BCUT2D eigenvalue weighted by Crippen LogP contribution is -2.29. The highest BCUT2D eigenvalue weighted by molar-refractivity contribution is 5.77. The van der Waals surface area contributed by atoms with Crippen LogP contribution in [0.4, 0.5) is 0 Å². The average molecular weight is 333 g/mol. The average Bonchev–Trinajstić information content (AvgIpc) is 3.44. The van der Waals surface area contributed by atoms with Gasteiger partial charge in [-0.05, 0) is 37.5 Å². The van der Waals surface area contributed by atoms with Crippen LogP contribution in [0.2, 0.25) is 0 Å². The molecule has 25 heavy (non-hydrogen) atoms. The summed E-state index contributed by atoms with van der Waals surface area (Å²) in [5.41, 5.74) is 3.38. The summed E-state index contributed by atoms with van der Waals surface area (Å²) < 4.78 is 0. The first kappa shape index (κ1) is 16.0. The van der Waals surface area contributed by atoms with Gasteiger partial charge in [-0.2, -0.15) is 0 Å². The van der Waals surface area contributed by atoms with Crippen LogP contribution in [-0.4, -0.2) is 27.5 Å². The van der Waals surface area contributed by atoms with Crippen molar-refractivity contribution in [2.45, 2.75) is 38.8 Å². The van der Waals surface area contributed by atoms with E-state index in [1.807, 2.05) is 24.3 Å². The maximum atomic E-state index is 12.2. The van der Waals surface area contributed by atoms with Crippen molar-refractivity contribution >= 4 is 10.9 Å². The molecule has 4 rings (SSSR count). The van der Waals surface area contributed by atoms with Gasteiger partial charge >= 0.3 is 0 Å². The van der Waals surface area contributed by atoms with Gasteiger partial charge in [-0.3, -0.25) is 9.69 Å². The van der Waals surface area contributed by atoms with Crippen LogP contribution in [0.25, 0.3) is 10.9 Å². The number of hydrogen-bond acceptors (Lipinski definition) is 3. The molecule has 1 aromatic heterocycles. The highest BCUT2D eigenvalue weighted by atomic mass is 16.1. The molecular weight excluding hydrogens is 310 g/mol. The molecule has 1 saturated carbocycles. The van der Waals surface area contributed by atoms with Gasteiger partial charge in [0.05, 0.1) is 10.9 Å². The summed E-state index contributed by atoms with van der Waals surface area (Å²) in [5, 5.41) is 0.657. The number of nitrogens with zero attached hydrogens (tertiary/aromatic N) is 2. The third kappa shape index (κ3) is 3.80. The Labute approximate surface area is 147 Å². The topological polar surface area (TPSA) is 49.0 Å². The lowest BCUT2D eigenvalue weighted by molar-refractivity contribution is 0.256. The van der Waals surface area contributed by atoms with Gasteiger partial charge in [0.15, 0.2) is 0 Å². The highest BCUT2D eigenvalue weighted by Gasteiger charge is 2.28. The minimum Gasteiger partial charge on any atom is -0.310 e. The standard InChI is InChI=1S/C21H23N3O/c1-15-5-4-6-16(13-15)14-24(17-9-10-17)12-11-20-22-19-8-3-2-7-18(19)21(25)23-20/h2-8,13,17H,9-12,14H2,1H3,(H,22,23,25). The Morgan fingerprint density at radius 3 is 2.80 bits per heavy atom.